The van der Waals surface area contributed by atoms with Crippen LogP contribution in [0.5, 0.6) is 5.75 Å². The Morgan fingerprint density at radius 3 is 2.79 bits per heavy atom. The van der Waals surface area contributed by atoms with Crippen molar-refractivity contribution in [2.75, 3.05) is 51.1 Å². The van der Waals surface area contributed by atoms with Crippen LogP contribution in [-0.2, 0) is 23.8 Å². The van der Waals surface area contributed by atoms with Crippen LogP contribution < -0.4 is 9.64 Å². The molecule has 0 saturated heterocycles. The fourth-order valence-corrected chi connectivity index (χ4v) is 3.41. The zero-order chi connectivity index (χ0) is 20.6. The van der Waals surface area contributed by atoms with E-state index in [1.165, 1.54) is 4.90 Å². The van der Waals surface area contributed by atoms with Crippen molar-refractivity contribution in [2.45, 2.75) is 13.8 Å². The summed E-state index contributed by atoms with van der Waals surface area (Å²) in [5, 5.41) is 2.90. The second-order valence-electron chi connectivity index (χ2n) is 6.23. The molecule has 29 heavy (non-hydrogen) atoms. The molecule has 2 aromatic rings. The van der Waals surface area contributed by atoms with Gasteiger partial charge in [-0.1, -0.05) is 0 Å². The number of thiazole rings is 1. The lowest BCUT2D eigenvalue weighted by molar-refractivity contribution is -0.144. The highest BCUT2D eigenvalue weighted by atomic mass is 32.1. The normalized spacial score (nSPS) is 13.2. The molecule has 0 radical (unpaired) electrons. The number of hydrogen-bond acceptors (Lipinski definition) is 8. The number of nitrogens with zero attached hydrogens (tertiary/aromatic N) is 2. The van der Waals surface area contributed by atoms with E-state index in [9.17, 15) is 9.59 Å². The minimum absolute atomic E-state index is 0.115. The summed E-state index contributed by atoms with van der Waals surface area (Å²) < 4.78 is 21.1. The first-order valence-electron chi connectivity index (χ1n) is 9.39. The van der Waals surface area contributed by atoms with Crippen molar-refractivity contribution in [1.29, 1.82) is 0 Å². The quantitative estimate of drug-likeness (QED) is 0.431. The largest absolute Gasteiger partial charge is 0.482 e. The summed E-state index contributed by atoms with van der Waals surface area (Å²) >= 11 is 1.55. The molecule has 0 fully saturated rings. The molecule has 0 N–H and O–H groups in total. The Balaban J connectivity index is 1.60. The number of rotatable bonds is 10. The lowest BCUT2D eigenvalue weighted by Crippen LogP contribution is -2.42. The minimum Gasteiger partial charge on any atom is -0.482 e. The van der Waals surface area contributed by atoms with Gasteiger partial charge < -0.3 is 18.9 Å². The third-order valence-electron chi connectivity index (χ3n) is 4.17. The van der Waals surface area contributed by atoms with Gasteiger partial charge in [-0.2, -0.15) is 0 Å². The van der Waals surface area contributed by atoms with Crippen LogP contribution in [0.3, 0.4) is 0 Å². The summed E-state index contributed by atoms with van der Waals surface area (Å²) in [6, 6.07) is 5.49. The van der Waals surface area contributed by atoms with E-state index in [0.717, 1.165) is 16.3 Å². The zero-order valence-electron chi connectivity index (χ0n) is 16.5. The van der Waals surface area contributed by atoms with Crippen LogP contribution in [0, 0.1) is 6.92 Å². The second-order valence-corrected chi connectivity index (χ2v) is 7.29. The SMILES string of the molecule is CCOCCOCCOC(=O)CN1C(=O)COc2ccc(-c3csc(C)n3)cc21. The molecule has 0 atom stereocenters. The van der Waals surface area contributed by atoms with Crippen molar-refractivity contribution in [3.63, 3.8) is 0 Å². The van der Waals surface area contributed by atoms with Crippen LogP contribution in [-0.4, -0.2) is 63.0 Å². The molecule has 1 aliphatic rings. The maximum Gasteiger partial charge on any atom is 0.326 e. The third kappa shape index (κ3) is 5.75. The second kappa shape index (κ2) is 10.3. The van der Waals surface area contributed by atoms with E-state index in [-0.39, 0.29) is 32.3 Å². The number of aromatic nitrogens is 1. The number of amides is 1. The molecule has 0 saturated carbocycles. The Morgan fingerprint density at radius 2 is 2.03 bits per heavy atom. The standard InChI is InChI=1S/C20H24N2O6S/c1-3-25-6-7-26-8-9-27-20(24)11-22-17-10-15(16-13-29-14(2)21-16)4-5-18(17)28-12-19(22)23/h4-5,10,13H,3,6-9,11-12H2,1-2H3. The van der Waals surface area contributed by atoms with E-state index < -0.39 is 5.97 Å². The Hall–Kier alpha value is -2.49. The van der Waals surface area contributed by atoms with Gasteiger partial charge in [-0.15, -0.1) is 11.3 Å². The number of anilines is 1. The van der Waals surface area contributed by atoms with Crippen LogP contribution in [0.1, 0.15) is 11.9 Å². The van der Waals surface area contributed by atoms with E-state index in [2.05, 4.69) is 4.98 Å². The summed E-state index contributed by atoms with van der Waals surface area (Å²) in [5.74, 6) is -0.254. The number of carbonyl (C=O) groups is 2. The first kappa shape index (κ1) is 21.2. The van der Waals surface area contributed by atoms with Gasteiger partial charge in [0.15, 0.2) is 6.61 Å². The van der Waals surface area contributed by atoms with Crippen molar-refractivity contribution < 1.29 is 28.5 Å². The third-order valence-corrected chi connectivity index (χ3v) is 4.94. The highest BCUT2D eigenvalue weighted by Gasteiger charge is 2.28. The lowest BCUT2D eigenvalue weighted by Gasteiger charge is -2.29. The van der Waals surface area contributed by atoms with Crippen LogP contribution >= 0.6 is 11.3 Å². The number of benzene rings is 1. The van der Waals surface area contributed by atoms with Crippen molar-refractivity contribution in [3.05, 3.63) is 28.6 Å². The predicted octanol–water partition coefficient (Wildman–Crippen LogP) is 2.44. The first-order chi connectivity index (χ1) is 14.1. The number of carbonyl (C=O) groups excluding carboxylic acids is 2. The van der Waals surface area contributed by atoms with Crippen LogP contribution in [0.4, 0.5) is 5.69 Å². The molecular formula is C20H24N2O6S. The van der Waals surface area contributed by atoms with Gasteiger partial charge in [0, 0.05) is 17.6 Å². The first-order valence-corrected chi connectivity index (χ1v) is 10.3. The zero-order valence-corrected chi connectivity index (χ0v) is 17.3. The summed E-state index contributed by atoms with van der Waals surface area (Å²) in [7, 11) is 0. The fourth-order valence-electron chi connectivity index (χ4n) is 2.78. The number of ether oxygens (including phenoxy) is 4. The maximum absolute atomic E-state index is 12.4. The molecule has 1 amide bonds. The molecule has 1 aliphatic heterocycles. The molecule has 2 heterocycles. The number of aryl methyl sites for hydroxylation is 1. The summed E-state index contributed by atoms with van der Waals surface area (Å²) in [6.45, 7) is 5.52. The molecule has 0 bridgehead atoms. The van der Waals surface area contributed by atoms with Gasteiger partial charge in [-0.3, -0.25) is 14.5 Å². The van der Waals surface area contributed by atoms with Gasteiger partial charge in [0.2, 0.25) is 0 Å². The number of fused-ring (bicyclic) bond motifs is 1. The number of hydrogen-bond donors (Lipinski definition) is 0. The van der Waals surface area contributed by atoms with E-state index in [0.29, 0.717) is 31.3 Å². The minimum atomic E-state index is -0.505. The molecule has 9 heteroatoms. The van der Waals surface area contributed by atoms with E-state index in [1.54, 1.807) is 17.4 Å². The molecule has 0 spiro atoms. The van der Waals surface area contributed by atoms with Crippen molar-refractivity contribution in [2.24, 2.45) is 0 Å². The Labute approximate surface area is 173 Å². The summed E-state index contributed by atoms with van der Waals surface area (Å²) in [5.41, 5.74) is 2.21. The van der Waals surface area contributed by atoms with Crippen molar-refractivity contribution in [3.8, 4) is 17.0 Å². The van der Waals surface area contributed by atoms with E-state index >= 15 is 0 Å². The molecule has 3 rings (SSSR count). The van der Waals surface area contributed by atoms with Crippen molar-refractivity contribution >= 4 is 28.9 Å². The average Bonchev–Trinajstić information content (AvgIpc) is 3.15. The fraction of sp³-hybridized carbons (Fsp3) is 0.450. The number of esters is 1. The highest BCUT2D eigenvalue weighted by molar-refractivity contribution is 7.09. The summed E-state index contributed by atoms with van der Waals surface area (Å²) in [6.07, 6.45) is 0. The van der Waals surface area contributed by atoms with Crippen LogP contribution in [0.2, 0.25) is 0 Å². The highest BCUT2D eigenvalue weighted by Crippen LogP contribution is 2.36. The van der Waals surface area contributed by atoms with E-state index in [1.807, 2.05) is 31.4 Å². The van der Waals surface area contributed by atoms with Gasteiger partial charge in [0.05, 0.1) is 36.2 Å². The Bertz CT molecular complexity index is 853. The molecule has 0 aliphatic carbocycles. The van der Waals surface area contributed by atoms with Gasteiger partial charge in [-0.05, 0) is 32.0 Å². The lowest BCUT2D eigenvalue weighted by atomic mass is 10.1. The molecule has 156 valence electrons. The Morgan fingerprint density at radius 1 is 1.24 bits per heavy atom. The topological polar surface area (TPSA) is 87.2 Å². The van der Waals surface area contributed by atoms with E-state index in [4.69, 9.17) is 18.9 Å². The smallest absolute Gasteiger partial charge is 0.326 e. The van der Waals surface area contributed by atoms with Gasteiger partial charge in [0.1, 0.15) is 18.9 Å². The van der Waals surface area contributed by atoms with Gasteiger partial charge >= 0.3 is 5.97 Å². The monoisotopic (exact) mass is 420 g/mol. The van der Waals surface area contributed by atoms with Crippen LogP contribution in [0.15, 0.2) is 23.6 Å². The Kier molecular flexibility index (Phi) is 7.56. The molecule has 1 aromatic heterocycles. The summed E-state index contributed by atoms with van der Waals surface area (Å²) in [4.78, 5) is 30.4. The van der Waals surface area contributed by atoms with Crippen molar-refractivity contribution in [1.82, 2.24) is 4.98 Å². The molecule has 0 unspecified atom stereocenters. The maximum atomic E-state index is 12.4. The predicted molar refractivity (Wildman–Crippen MR) is 108 cm³/mol. The molecule has 1 aromatic carbocycles. The molecule has 8 nitrogen and oxygen atoms in total. The molecular weight excluding hydrogens is 396 g/mol. The van der Waals surface area contributed by atoms with Crippen LogP contribution in [0.25, 0.3) is 11.3 Å². The van der Waals surface area contributed by atoms with Gasteiger partial charge in [0.25, 0.3) is 5.91 Å². The van der Waals surface area contributed by atoms with Gasteiger partial charge in [-0.25, -0.2) is 4.98 Å². The average molecular weight is 420 g/mol.